The SMILES string of the molecule is COC(=O)[C@H](CCCc1ccc(B(O)O)cc1)NC(=O)OC(C)(C)C. The van der Waals surface area contributed by atoms with Crippen molar-refractivity contribution in [2.45, 2.75) is 51.7 Å². The van der Waals surface area contributed by atoms with E-state index in [-0.39, 0.29) is 0 Å². The van der Waals surface area contributed by atoms with Gasteiger partial charge in [0.05, 0.1) is 7.11 Å². The van der Waals surface area contributed by atoms with Gasteiger partial charge in [0.25, 0.3) is 0 Å². The number of methoxy groups -OCH3 is 1. The average Bonchev–Trinajstić information content (AvgIpc) is 2.51. The van der Waals surface area contributed by atoms with Gasteiger partial charge in [0.15, 0.2) is 0 Å². The van der Waals surface area contributed by atoms with Crippen molar-refractivity contribution in [1.29, 1.82) is 0 Å². The zero-order valence-electron chi connectivity index (χ0n) is 15.1. The summed E-state index contributed by atoms with van der Waals surface area (Å²) in [6.45, 7) is 5.23. The standard InChI is InChI=1S/C17H26BNO6/c1-17(2,3)25-16(21)19-14(15(20)24-4)7-5-6-12-8-10-13(11-9-12)18(22)23/h8-11,14,22-23H,5-7H2,1-4H3,(H,19,21)/t14-/m0/s1. The van der Waals surface area contributed by atoms with Crippen LogP contribution >= 0.6 is 0 Å². The van der Waals surface area contributed by atoms with Gasteiger partial charge < -0.3 is 24.8 Å². The van der Waals surface area contributed by atoms with Gasteiger partial charge in [-0.1, -0.05) is 24.3 Å². The van der Waals surface area contributed by atoms with Crippen molar-refractivity contribution >= 4 is 24.6 Å². The lowest BCUT2D eigenvalue weighted by Gasteiger charge is -2.22. The normalized spacial score (nSPS) is 12.2. The molecule has 0 spiro atoms. The predicted octanol–water partition coefficient (Wildman–Crippen LogP) is 0.755. The van der Waals surface area contributed by atoms with E-state index in [1.54, 1.807) is 45.0 Å². The van der Waals surface area contributed by atoms with Crippen molar-refractivity contribution < 1.29 is 29.1 Å². The molecule has 8 heteroatoms. The maximum absolute atomic E-state index is 11.8. The van der Waals surface area contributed by atoms with Gasteiger partial charge in [-0.25, -0.2) is 9.59 Å². The predicted molar refractivity (Wildman–Crippen MR) is 94.4 cm³/mol. The molecule has 25 heavy (non-hydrogen) atoms. The van der Waals surface area contributed by atoms with Gasteiger partial charge >= 0.3 is 19.2 Å². The number of nitrogens with one attached hydrogen (secondary N) is 1. The molecule has 1 aromatic carbocycles. The Morgan fingerprint density at radius 2 is 1.80 bits per heavy atom. The Balaban J connectivity index is 2.55. The molecule has 0 aliphatic carbocycles. The highest BCUT2D eigenvalue weighted by Gasteiger charge is 2.24. The molecule has 0 bridgehead atoms. The van der Waals surface area contributed by atoms with Crippen LogP contribution in [0.5, 0.6) is 0 Å². The van der Waals surface area contributed by atoms with E-state index in [1.807, 2.05) is 0 Å². The summed E-state index contributed by atoms with van der Waals surface area (Å²) in [4.78, 5) is 23.7. The van der Waals surface area contributed by atoms with Crippen LogP contribution in [0.2, 0.25) is 0 Å². The maximum Gasteiger partial charge on any atom is 0.488 e. The van der Waals surface area contributed by atoms with Crippen molar-refractivity contribution in [3.63, 3.8) is 0 Å². The second-order valence-electron chi connectivity index (χ2n) is 6.73. The van der Waals surface area contributed by atoms with Gasteiger partial charge in [0.1, 0.15) is 11.6 Å². The molecular weight excluding hydrogens is 325 g/mol. The molecule has 7 nitrogen and oxygen atoms in total. The minimum absolute atomic E-state index is 0.399. The highest BCUT2D eigenvalue weighted by atomic mass is 16.6. The van der Waals surface area contributed by atoms with Gasteiger partial charge in [-0.05, 0) is 51.1 Å². The Morgan fingerprint density at radius 3 is 2.28 bits per heavy atom. The molecule has 0 aliphatic heterocycles. The van der Waals surface area contributed by atoms with Crippen LogP contribution in [0, 0.1) is 0 Å². The third-order valence-electron chi connectivity index (χ3n) is 3.41. The molecule has 3 N–H and O–H groups in total. The number of rotatable bonds is 7. The molecule has 0 saturated heterocycles. The molecule has 0 saturated carbocycles. The van der Waals surface area contributed by atoms with Gasteiger partial charge in [0.2, 0.25) is 0 Å². The summed E-state index contributed by atoms with van der Waals surface area (Å²) in [6.07, 6.45) is 1.04. The summed E-state index contributed by atoms with van der Waals surface area (Å²) < 4.78 is 9.88. The number of amides is 1. The number of aryl methyl sites for hydroxylation is 1. The van der Waals surface area contributed by atoms with Crippen molar-refractivity contribution in [3.05, 3.63) is 29.8 Å². The highest BCUT2D eigenvalue weighted by molar-refractivity contribution is 6.58. The fourth-order valence-corrected chi connectivity index (χ4v) is 2.21. The third kappa shape index (κ3) is 8.04. The average molecular weight is 351 g/mol. The van der Waals surface area contributed by atoms with Crippen molar-refractivity contribution in [3.8, 4) is 0 Å². The van der Waals surface area contributed by atoms with Gasteiger partial charge in [-0.15, -0.1) is 0 Å². The fraction of sp³-hybridized carbons (Fsp3) is 0.529. The zero-order valence-corrected chi connectivity index (χ0v) is 15.1. The number of esters is 1. The molecule has 1 aromatic rings. The van der Waals surface area contributed by atoms with Gasteiger partial charge in [-0.3, -0.25) is 0 Å². The van der Waals surface area contributed by atoms with Gasteiger partial charge in [0, 0.05) is 0 Å². The second kappa shape index (κ2) is 9.43. The van der Waals surface area contributed by atoms with E-state index in [0.29, 0.717) is 24.7 Å². The van der Waals surface area contributed by atoms with E-state index in [1.165, 1.54) is 7.11 Å². The molecule has 1 atom stereocenters. The summed E-state index contributed by atoms with van der Waals surface area (Å²) in [5.74, 6) is -0.524. The van der Waals surface area contributed by atoms with Crippen LogP contribution < -0.4 is 10.8 Å². The Kier molecular flexibility index (Phi) is 7.92. The highest BCUT2D eigenvalue weighted by Crippen LogP contribution is 2.10. The lowest BCUT2D eigenvalue weighted by atomic mass is 9.80. The topological polar surface area (TPSA) is 105 Å². The lowest BCUT2D eigenvalue weighted by Crippen LogP contribution is -2.44. The van der Waals surface area contributed by atoms with Crippen LogP contribution in [0.25, 0.3) is 0 Å². The first-order valence-electron chi connectivity index (χ1n) is 8.14. The molecular formula is C17H26BNO6. The summed E-state index contributed by atoms with van der Waals surface area (Å²) in [5, 5.41) is 20.7. The minimum atomic E-state index is -1.49. The van der Waals surface area contributed by atoms with Crippen LogP contribution in [0.1, 0.15) is 39.2 Å². The Morgan fingerprint density at radius 1 is 1.20 bits per heavy atom. The number of hydrogen-bond acceptors (Lipinski definition) is 6. The Hall–Kier alpha value is -2.06. The number of carbonyl (C=O) groups is 2. The van der Waals surface area contributed by atoms with Crippen LogP contribution in [-0.4, -0.2) is 48.0 Å². The van der Waals surface area contributed by atoms with E-state index < -0.39 is 30.8 Å². The van der Waals surface area contributed by atoms with Gasteiger partial charge in [-0.2, -0.15) is 0 Å². The fourth-order valence-electron chi connectivity index (χ4n) is 2.21. The zero-order chi connectivity index (χ0) is 19.0. The minimum Gasteiger partial charge on any atom is -0.467 e. The Labute approximate surface area is 148 Å². The number of alkyl carbamates (subject to hydrolysis) is 1. The van der Waals surface area contributed by atoms with E-state index in [0.717, 1.165) is 5.56 Å². The van der Waals surface area contributed by atoms with E-state index in [9.17, 15) is 9.59 Å². The maximum atomic E-state index is 11.8. The van der Waals surface area contributed by atoms with Crippen LogP contribution in [0.3, 0.4) is 0 Å². The van der Waals surface area contributed by atoms with Crippen LogP contribution in [0.4, 0.5) is 4.79 Å². The summed E-state index contributed by atoms with van der Waals surface area (Å²) in [6, 6.07) is 6.08. The first-order chi connectivity index (χ1) is 11.6. The van der Waals surface area contributed by atoms with E-state index >= 15 is 0 Å². The van der Waals surface area contributed by atoms with Crippen LogP contribution in [-0.2, 0) is 20.7 Å². The first-order valence-corrected chi connectivity index (χ1v) is 8.14. The summed E-state index contributed by atoms with van der Waals surface area (Å²) >= 11 is 0. The quantitative estimate of drug-likeness (QED) is 0.495. The van der Waals surface area contributed by atoms with Crippen LogP contribution in [0.15, 0.2) is 24.3 Å². The lowest BCUT2D eigenvalue weighted by molar-refractivity contribution is -0.143. The molecule has 0 heterocycles. The summed E-state index contributed by atoms with van der Waals surface area (Å²) in [7, 11) is -0.221. The number of hydrogen-bond donors (Lipinski definition) is 3. The molecule has 0 unspecified atom stereocenters. The van der Waals surface area contributed by atoms with Crippen molar-refractivity contribution in [2.24, 2.45) is 0 Å². The second-order valence-corrected chi connectivity index (χ2v) is 6.73. The third-order valence-corrected chi connectivity index (χ3v) is 3.41. The number of benzene rings is 1. The van der Waals surface area contributed by atoms with E-state index in [4.69, 9.17) is 19.5 Å². The molecule has 0 fully saturated rings. The van der Waals surface area contributed by atoms with E-state index in [2.05, 4.69) is 5.32 Å². The smallest absolute Gasteiger partial charge is 0.467 e. The molecule has 1 amide bonds. The molecule has 0 radical (unpaired) electrons. The molecule has 0 aromatic heterocycles. The summed E-state index contributed by atoms with van der Waals surface area (Å²) in [5.41, 5.74) is 0.761. The monoisotopic (exact) mass is 351 g/mol. The number of ether oxygens (including phenoxy) is 2. The largest absolute Gasteiger partial charge is 0.488 e. The first kappa shape index (κ1) is 21.0. The number of carbonyl (C=O) groups excluding carboxylic acids is 2. The Bertz CT molecular complexity index is 567. The molecule has 1 rings (SSSR count). The van der Waals surface area contributed by atoms with Crippen molar-refractivity contribution in [2.75, 3.05) is 7.11 Å². The molecule has 138 valence electrons. The molecule has 0 aliphatic rings. The van der Waals surface area contributed by atoms with Crippen molar-refractivity contribution in [1.82, 2.24) is 5.32 Å².